The molecular weight excluding hydrogens is 348 g/mol. The van der Waals surface area contributed by atoms with Gasteiger partial charge in [-0.1, -0.05) is 41.4 Å². The van der Waals surface area contributed by atoms with Crippen LogP contribution in [0.4, 0.5) is 11.5 Å². The van der Waals surface area contributed by atoms with Crippen LogP contribution >= 0.6 is 11.6 Å². The van der Waals surface area contributed by atoms with E-state index in [1.807, 2.05) is 56.3 Å². The van der Waals surface area contributed by atoms with Crippen molar-refractivity contribution in [3.63, 3.8) is 0 Å². The van der Waals surface area contributed by atoms with Gasteiger partial charge in [0.1, 0.15) is 11.5 Å². The van der Waals surface area contributed by atoms with Gasteiger partial charge in [-0.3, -0.25) is 4.79 Å². The fraction of sp³-hybridized carbons (Fsp3) is 0.150. The zero-order valence-corrected chi connectivity index (χ0v) is 15.3. The van der Waals surface area contributed by atoms with Crippen molar-refractivity contribution >= 4 is 29.0 Å². The van der Waals surface area contributed by atoms with Gasteiger partial charge >= 0.3 is 0 Å². The van der Waals surface area contributed by atoms with Gasteiger partial charge in [-0.2, -0.15) is 0 Å². The van der Waals surface area contributed by atoms with Crippen molar-refractivity contribution in [2.45, 2.75) is 20.4 Å². The summed E-state index contributed by atoms with van der Waals surface area (Å²) in [6.45, 7) is 4.57. The van der Waals surface area contributed by atoms with Crippen molar-refractivity contribution in [3.05, 3.63) is 82.3 Å². The maximum Gasteiger partial charge on any atom is 0.275 e. The largest absolute Gasteiger partial charge is 0.365 e. The number of anilines is 2. The van der Waals surface area contributed by atoms with Crippen LogP contribution in [0.5, 0.6) is 0 Å². The first-order chi connectivity index (χ1) is 12.5. The first kappa shape index (κ1) is 17.9. The lowest BCUT2D eigenvalue weighted by molar-refractivity contribution is 0.102. The van der Waals surface area contributed by atoms with E-state index in [0.717, 1.165) is 22.4 Å². The van der Waals surface area contributed by atoms with Crippen molar-refractivity contribution in [2.75, 3.05) is 10.6 Å². The summed E-state index contributed by atoms with van der Waals surface area (Å²) in [4.78, 5) is 20.8. The number of halogens is 1. The van der Waals surface area contributed by atoms with Crippen LogP contribution in [0, 0.1) is 13.8 Å². The second kappa shape index (κ2) is 7.97. The third-order valence-corrected chi connectivity index (χ3v) is 4.15. The van der Waals surface area contributed by atoms with Gasteiger partial charge in [-0.25, -0.2) is 9.97 Å². The van der Waals surface area contributed by atoms with Crippen LogP contribution in [0.15, 0.2) is 54.9 Å². The molecule has 0 atom stereocenters. The van der Waals surface area contributed by atoms with E-state index >= 15 is 0 Å². The lowest BCUT2D eigenvalue weighted by atomic mass is 10.1. The Balaban J connectivity index is 1.61. The molecule has 1 aromatic heterocycles. The lowest BCUT2D eigenvalue weighted by Crippen LogP contribution is -2.15. The predicted octanol–water partition coefficient (Wildman–Crippen LogP) is 4.61. The molecule has 5 nitrogen and oxygen atoms in total. The Hall–Kier alpha value is -2.92. The number of carbonyl (C=O) groups excluding carboxylic acids is 1. The summed E-state index contributed by atoms with van der Waals surface area (Å²) in [7, 11) is 0. The molecule has 1 heterocycles. The number of rotatable bonds is 5. The fourth-order valence-corrected chi connectivity index (χ4v) is 2.60. The molecule has 0 aliphatic heterocycles. The maximum absolute atomic E-state index is 12.3. The highest BCUT2D eigenvalue weighted by Gasteiger charge is 2.10. The van der Waals surface area contributed by atoms with E-state index in [-0.39, 0.29) is 11.6 Å². The second-order valence-electron chi connectivity index (χ2n) is 6.04. The number of aromatic nitrogens is 2. The SMILES string of the molecule is Cc1ccc(NC(=O)c2cnc(NCc3ccc(Cl)cc3)cn2)c(C)c1. The minimum Gasteiger partial charge on any atom is -0.365 e. The fourth-order valence-electron chi connectivity index (χ4n) is 2.47. The van der Waals surface area contributed by atoms with E-state index in [1.165, 1.54) is 6.20 Å². The third-order valence-electron chi connectivity index (χ3n) is 3.90. The van der Waals surface area contributed by atoms with E-state index in [1.54, 1.807) is 6.20 Å². The van der Waals surface area contributed by atoms with Crippen LogP contribution in [-0.2, 0) is 6.54 Å². The van der Waals surface area contributed by atoms with Crippen molar-refractivity contribution in [1.82, 2.24) is 9.97 Å². The number of benzene rings is 2. The predicted molar refractivity (Wildman–Crippen MR) is 105 cm³/mol. The van der Waals surface area contributed by atoms with Gasteiger partial charge in [0.2, 0.25) is 0 Å². The molecule has 0 saturated carbocycles. The molecule has 0 bridgehead atoms. The zero-order valence-electron chi connectivity index (χ0n) is 14.6. The van der Waals surface area contributed by atoms with Gasteiger partial charge in [0.25, 0.3) is 5.91 Å². The summed E-state index contributed by atoms with van der Waals surface area (Å²) in [6.07, 6.45) is 3.01. The van der Waals surface area contributed by atoms with E-state index in [4.69, 9.17) is 11.6 Å². The highest BCUT2D eigenvalue weighted by molar-refractivity contribution is 6.30. The summed E-state index contributed by atoms with van der Waals surface area (Å²) < 4.78 is 0. The highest BCUT2D eigenvalue weighted by Crippen LogP contribution is 2.17. The van der Waals surface area contributed by atoms with E-state index in [9.17, 15) is 4.79 Å². The van der Waals surface area contributed by atoms with Gasteiger partial charge in [-0.15, -0.1) is 0 Å². The molecule has 26 heavy (non-hydrogen) atoms. The van der Waals surface area contributed by atoms with Crippen LogP contribution in [0.1, 0.15) is 27.2 Å². The first-order valence-electron chi connectivity index (χ1n) is 8.20. The Kier molecular flexibility index (Phi) is 5.49. The summed E-state index contributed by atoms with van der Waals surface area (Å²) in [5.74, 6) is 0.316. The Morgan fingerprint density at radius 2 is 1.81 bits per heavy atom. The van der Waals surface area contributed by atoms with E-state index < -0.39 is 0 Å². The monoisotopic (exact) mass is 366 g/mol. The Morgan fingerprint density at radius 3 is 2.46 bits per heavy atom. The number of nitrogens with one attached hydrogen (secondary N) is 2. The summed E-state index contributed by atoms with van der Waals surface area (Å²) >= 11 is 5.87. The minimum absolute atomic E-state index is 0.266. The molecule has 1 amide bonds. The normalized spacial score (nSPS) is 10.4. The molecule has 132 valence electrons. The van der Waals surface area contributed by atoms with Crippen molar-refractivity contribution in [3.8, 4) is 0 Å². The molecule has 3 rings (SSSR count). The van der Waals surface area contributed by atoms with Crippen LogP contribution in [0.3, 0.4) is 0 Å². The molecule has 2 aromatic carbocycles. The highest BCUT2D eigenvalue weighted by atomic mass is 35.5. The summed E-state index contributed by atoms with van der Waals surface area (Å²) in [5.41, 5.74) is 4.27. The maximum atomic E-state index is 12.3. The van der Waals surface area contributed by atoms with Crippen LogP contribution in [-0.4, -0.2) is 15.9 Å². The average molecular weight is 367 g/mol. The molecule has 6 heteroatoms. The number of aryl methyl sites for hydroxylation is 2. The number of hydrogen-bond acceptors (Lipinski definition) is 4. The van der Waals surface area contributed by atoms with Gasteiger partial charge in [0, 0.05) is 17.3 Å². The Labute approximate surface area is 157 Å². The first-order valence-corrected chi connectivity index (χ1v) is 8.58. The minimum atomic E-state index is -0.284. The molecule has 0 saturated heterocycles. The smallest absolute Gasteiger partial charge is 0.275 e. The third kappa shape index (κ3) is 4.58. The van der Waals surface area contributed by atoms with E-state index in [0.29, 0.717) is 17.4 Å². The van der Waals surface area contributed by atoms with Gasteiger partial charge in [0.05, 0.1) is 12.4 Å². The molecule has 0 aliphatic rings. The van der Waals surface area contributed by atoms with Gasteiger partial charge in [-0.05, 0) is 43.2 Å². The topological polar surface area (TPSA) is 66.9 Å². The number of nitrogens with zero attached hydrogens (tertiary/aromatic N) is 2. The zero-order chi connectivity index (χ0) is 18.5. The second-order valence-corrected chi connectivity index (χ2v) is 6.48. The lowest BCUT2D eigenvalue weighted by Gasteiger charge is -2.09. The quantitative estimate of drug-likeness (QED) is 0.691. The Bertz CT molecular complexity index is 908. The summed E-state index contributed by atoms with van der Waals surface area (Å²) in [6, 6.07) is 13.4. The average Bonchev–Trinajstić information content (AvgIpc) is 2.64. The van der Waals surface area contributed by atoms with Crippen molar-refractivity contribution in [1.29, 1.82) is 0 Å². The van der Waals surface area contributed by atoms with Gasteiger partial charge < -0.3 is 10.6 Å². The number of amides is 1. The molecule has 0 aliphatic carbocycles. The number of carbonyl (C=O) groups is 1. The summed E-state index contributed by atoms with van der Waals surface area (Å²) in [5, 5.41) is 6.73. The van der Waals surface area contributed by atoms with Crippen molar-refractivity contribution in [2.24, 2.45) is 0 Å². The van der Waals surface area contributed by atoms with Crippen molar-refractivity contribution < 1.29 is 4.79 Å². The Morgan fingerprint density at radius 1 is 1.04 bits per heavy atom. The molecule has 0 unspecified atom stereocenters. The van der Waals surface area contributed by atoms with Crippen LogP contribution < -0.4 is 10.6 Å². The number of hydrogen-bond donors (Lipinski definition) is 2. The van der Waals surface area contributed by atoms with Crippen LogP contribution in [0.25, 0.3) is 0 Å². The van der Waals surface area contributed by atoms with Gasteiger partial charge in [0.15, 0.2) is 0 Å². The molecule has 3 aromatic rings. The molecule has 0 fully saturated rings. The molecule has 0 spiro atoms. The molecular formula is C20H19ClN4O. The van der Waals surface area contributed by atoms with E-state index in [2.05, 4.69) is 20.6 Å². The molecule has 0 radical (unpaired) electrons. The standard InChI is InChI=1S/C20H19ClN4O/c1-13-3-8-17(14(2)9-13)25-20(26)18-11-24-19(12-22-18)23-10-15-4-6-16(21)7-5-15/h3-9,11-12H,10H2,1-2H3,(H,23,24)(H,25,26). The molecule has 2 N–H and O–H groups in total. The van der Waals surface area contributed by atoms with Crippen LogP contribution in [0.2, 0.25) is 5.02 Å².